The minimum Gasteiger partial charge on any atom is -0.332 e. The summed E-state index contributed by atoms with van der Waals surface area (Å²) in [6, 6.07) is 10.2. The Kier molecular flexibility index (Phi) is 4.73. The standard InChI is InChI=1S/C16H21N.ClHO4/c1-2-7-14-12(5-1)11-13-6-3-9-17-10-4-8-15(14)16(13)17;2-1(3,4)5/h1-2,5,7,13,15-16H,3-4,6,8-11H2;(H,2,3,4,5)/t13-,15+,16+;/m0./s1. The third-order valence-corrected chi connectivity index (χ3v) is 5.44. The zero-order valence-electron chi connectivity index (χ0n) is 12.5. The van der Waals surface area contributed by atoms with E-state index in [9.17, 15) is 0 Å². The Morgan fingerprint density at radius 3 is 2.32 bits per heavy atom. The number of benzene rings is 1. The average molecular weight is 328 g/mol. The number of fused-ring (bicyclic) bond motifs is 2. The Labute approximate surface area is 132 Å². The molecular formula is C16H22ClNO4. The first-order chi connectivity index (χ1) is 10.4. The average Bonchev–Trinajstić information content (AvgIpc) is 2.46. The monoisotopic (exact) mass is 327 g/mol. The number of halogens is 1. The topological polar surface area (TPSA) is 96.7 Å². The maximum absolute atomic E-state index is 8.49. The number of rotatable bonds is 0. The first-order valence-corrected chi connectivity index (χ1v) is 9.21. The molecule has 5 nitrogen and oxygen atoms in total. The molecule has 1 unspecified atom stereocenters. The molecule has 2 fully saturated rings. The van der Waals surface area contributed by atoms with Gasteiger partial charge in [-0.25, -0.2) is 18.6 Å². The van der Waals surface area contributed by atoms with Crippen LogP contribution in [0.3, 0.4) is 0 Å². The van der Waals surface area contributed by atoms with E-state index in [1.54, 1.807) is 11.1 Å². The highest BCUT2D eigenvalue weighted by molar-refractivity contribution is 5.35. The summed E-state index contributed by atoms with van der Waals surface area (Å²) in [6.45, 7) is 2.89. The molecular weight excluding hydrogens is 306 g/mol. The largest absolute Gasteiger partial charge is 0.332 e. The van der Waals surface area contributed by atoms with Crippen LogP contribution in [0.4, 0.5) is 0 Å². The molecule has 2 saturated heterocycles. The van der Waals surface area contributed by atoms with E-state index in [0.29, 0.717) is 0 Å². The van der Waals surface area contributed by atoms with E-state index in [0.717, 1.165) is 17.9 Å². The van der Waals surface area contributed by atoms with Gasteiger partial charge in [-0.3, -0.25) is 0 Å². The van der Waals surface area contributed by atoms with E-state index in [-0.39, 0.29) is 0 Å². The minimum absolute atomic E-state index is 0.883. The molecule has 0 bridgehead atoms. The van der Waals surface area contributed by atoms with Crippen LogP contribution in [0.1, 0.15) is 42.7 Å². The summed E-state index contributed by atoms with van der Waals surface area (Å²) in [5.74, 6) is 1.87. The van der Waals surface area contributed by atoms with Crippen molar-refractivity contribution in [3.63, 3.8) is 0 Å². The van der Waals surface area contributed by atoms with Crippen LogP contribution in [0.2, 0.25) is 0 Å². The number of nitrogens with one attached hydrogen (secondary N) is 1. The molecule has 122 valence electrons. The van der Waals surface area contributed by atoms with Gasteiger partial charge in [0.05, 0.1) is 19.1 Å². The lowest BCUT2D eigenvalue weighted by atomic mass is 9.66. The predicted octanol–water partition coefficient (Wildman–Crippen LogP) is -2.97. The van der Waals surface area contributed by atoms with Crippen molar-refractivity contribution in [2.45, 2.75) is 44.1 Å². The zero-order valence-corrected chi connectivity index (χ0v) is 13.3. The van der Waals surface area contributed by atoms with E-state index in [1.165, 1.54) is 45.2 Å². The molecule has 4 rings (SSSR count). The zero-order chi connectivity index (χ0) is 15.7. The normalized spacial score (nSPS) is 33.1. The highest BCUT2D eigenvalue weighted by Gasteiger charge is 2.46. The van der Waals surface area contributed by atoms with Crippen molar-refractivity contribution in [2.24, 2.45) is 5.92 Å². The van der Waals surface area contributed by atoms with Crippen LogP contribution in [0, 0.1) is 16.2 Å². The van der Waals surface area contributed by atoms with Gasteiger partial charge < -0.3 is 4.90 Å². The molecule has 1 aromatic rings. The SMILES string of the molecule is [O-][Cl+3]([O-])([O-])[O-].c1ccc2c(c1)C[C@@H]1CCC[NH+]3CCC[C@H]2[C@@H]13. The lowest BCUT2D eigenvalue weighted by molar-refractivity contribution is -2.00. The van der Waals surface area contributed by atoms with Gasteiger partial charge in [-0.15, -0.1) is 10.2 Å². The summed E-state index contributed by atoms with van der Waals surface area (Å²) in [7, 11) is -4.94. The quantitative estimate of drug-likeness (QED) is 0.550. The van der Waals surface area contributed by atoms with Crippen molar-refractivity contribution in [2.75, 3.05) is 13.1 Å². The lowest BCUT2D eigenvalue weighted by Gasteiger charge is -2.49. The van der Waals surface area contributed by atoms with E-state index < -0.39 is 10.2 Å². The highest BCUT2D eigenvalue weighted by Crippen LogP contribution is 2.40. The van der Waals surface area contributed by atoms with Gasteiger partial charge in [0.1, 0.15) is 0 Å². The van der Waals surface area contributed by atoms with Gasteiger partial charge in [0, 0.05) is 11.8 Å². The maximum Gasteiger partial charge on any atom is 0.0975 e. The van der Waals surface area contributed by atoms with E-state index in [2.05, 4.69) is 24.3 Å². The predicted molar refractivity (Wildman–Crippen MR) is 69.3 cm³/mol. The maximum atomic E-state index is 8.49. The van der Waals surface area contributed by atoms with Crippen LogP contribution in [-0.2, 0) is 6.42 Å². The minimum atomic E-state index is -4.94. The third kappa shape index (κ3) is 3.62. The molecule has 0 saturated carbocycles. The summed E-state index contributed by atoms with van der Waals surface area (Å²) in [4.78, 5) is 1.94. The van der Waals surface area contributed by atoms with Gasteiger partial charge in [0.15, 0.2) is 0 Å². The van der Waals surface area contributed by atoms with Crippen molar-refractivity contribution in [3.05, 3.63) is 35.4 Å². The van der Waals surface area contributed by atoms with Crippen LogP contribution in [-0.4, -0.2) is 19.1 Å². The van der Waals surface area contributed by atoms with Gasteiger partial charge in [0.2, 0.25) is 0 Å². The summed E-state index contributed by atoms with van der Waals surface area (Å²) in [5, 5.41) is 0. The van der Waals surface area contributed by atoms with Gasteiger partial charge in [-0.2, -0.15) is 0 Å². The molecule has 1 aliphatic carbocycles. The molecule has 1 aromatic carbocycles. The van der Waals surface area contributed by atoms with Crippen molar-refractivity contribution in [3.8, 4) is 0 Å². The first kappa shape index (κ1) is 16.2. The van der Waals surface area contributed by atoms with Gasteiger partial charge >= 0.3 is 0 Å². The van der Waals surface area contributed by atoms with Gasteiger partial charge in [-0.1, -0.05) is 24.3 Å². The van der Waals surface area contributed by atoms with Gasteiger partial charge in [0.25, 0.3) is 0 Å². The van der Waals surface area contributed by atoms with Crippen LogP contribution in [0.25, 0.3) is 0 Å². The number of hydrogen-bond acceptors (Lipinski definition) is 4. The number of piperidine rings is 2. The Hall–Kier alpha value is -0.690. The highest BCUT2D eigenvalue weighted by atomic mass is 35.7. The molecule has 1 N–H and O–H groups in total. The van der Waals surface area contributed by atoms with Crippen LogP contribution >= 0.6 is 0 Å². The molecule has 2 aliphatic heterocycles. The third-order valence-electron chi connectivity index (χ3n) is 5.44. The molecule has 3 aliphatic rings. The Morgan fingerprint density at radius 2 is 1.59 bits per heavy atom. The van der Waals surface area contributed by atoms with Gasteiger partial charge in [-0.05, 0) is 43.2 Å². The van der Waals surface area contributed by atoms with Crippen molar-refractivity contribution in [1.82, 2.24) is 0 Å². The second kappa shape index (κ2) is 6.43. The van der Waals surface area contributed by atoms with Crippen molar-refractivity contribution < 1.29 is 33.8 Å². The molecule has 0 amide bonds. The smallest absolute Gasteiger partial charge is 0.0975 e. The molecule has 0 radical (unpaired) electrons. The molecule has 0 spiro atoms. The summed E-state index contributed by atoms with van der Waals surface area (Å²) < 4.78 is 34.0. The van der Waals surface area contributed by atoms with Crippen molar-refractivity contribution in [1.29, 1.82) is 0 Å². The summed E-state index contributed by atoms with van der Waals surface area (Å²) in [5.41, 5.74) is 3.37. The van der Waals surface area contributed by atoms with E-state index in [4.69, 9.17) is 18.6 Å². The number of hydrogen-bond donors (Lipinski definition) is 1. The Balaban J connectivity index is 0.000000254. The van der Waals surface area contributed by atoms with Crippen molar-refractivity contribution >= 4 is 0 Å². The molecule has 0 aromatic heterocycles. The first-order valence-electron chi connectivity index (χ1n) is 7.97. The van der Waals surface area contributed by atoms with Crippen LogP contribution in [0.15, 0.2) is 24.3 Å². The fourth-order valence-corrected chi connectivity index (χ4v) is 4.85. The van der Waals surface area contributed by atoms with E-state index >= 15 is 0 Å². The molecule has 22 heavy (non-hydrogen) atoms. The fraction of sp³-hybridized carbons (Fsp3) is 0.625. The van der Waals surface area contributed by atoms with E-state index in [1.807, 2.05) is 4.90 Å². The fourth-order valence-electron chi connectivity index (χ4n) is 4.85. The number of quaternary nitrogens is 1. The second-order valence-electron chi connectivity index (χ2n) is 6.62. The Morgan fingerprint density at radius 1 is 0.955 bits per heavy atom. The molecule has 2 heterocycles. The van der Waals surface area contributed by atoms with Crippen LogP contribution in [0.5, 0.6) is 0 Å². The van der Waals surface area contributed by atoms with Crippen LogP contribution < -0.4 is 23.5 Å². The molecule has 6 heteroatoms. The lowest BCUT2D eigenvalue weighted by Crippen LogP contribution is -3.19. The summed E-state index contributed by atoms with van der Waals surface area (Å²) >= 11 is 0. The molecule has 4 atom stereocenters. The Bertz CT molecular complexity index is 511. The summed E-state index contributed by atoms with van der Waals surface area (Å²) in [6.07, 6.45) is 7.20. The second-order valence-corrected chi connectivity index (χ2v) is 7.37.